The van der Waals surface area contributed by atoms with E-state index in [1.54, 1.807) is 24.3 Å². The molecular formula is C18H20ClN3O4. The standard InChI is InChI=1S/C18H20ClN3O4/c1-2-22(10-17(23)24)14-7-13(8-14)20-18(25)16-9-15(21-26-16)11-4-3-5-12(19)6-11/h3-6,9,13-14H,2,7-8,10H2,1H3,(H,20,25)(H,23,24). The van der Waals surface area contributed by atoms with E-state index in [4.69, 9.17) is 21.2 Å². The Kier molecular flexibility index (Phi) is 5.58. The molecule has 0 spiro atoms. The molecule has 1 aromatic carbocycles. The van der Waals surface area contributed by atoms with E-state index < -0.39 is 5.97 Å². The Bertz CT molecular complexity index is 801. The number of nitrogens with one attached hydrogen (secondary N) is 1. The average Bonchev–Trinajstić information content (AvgIpc) is 3.06. The summed E-state index contributed by atoms with van der Waals surface area (Å²) in [7, 11) is 0. The summed E-state index contributed by atoms with van der Waals surface area (Å²) in [5.74, 6) is -1.02. The molecule has 1 saturated carbocycles. The van der Waals surface area contributed by atoms with Crippen LogP contribution in [0.3, 0.4) is 0 Å². The van der Waals surface area contributed by atoms with Crippen molar-refractivity contribution in [1.82, 2.24) is 15.4 Å². The van der Waals surface area contributed by atoms with Gasteiger partial charge >= 0.3 is 5.97 Å². The van der Waals surface area contributed by atoms with Crippen molar-refractivity contribution in [3.05, 3.63) is 41.1 Å². The van der Waals surface area contributed by atoms with Crippen LogP contribution in [-0.4, -0.2) is 52.2 Å². The Morgan fingerprint density at radius 3 is 2.81 bits per heavy atom. The zero-order valence-electron chi connectivity index (χ0n) is 14.3. The number of aliphatic carboxylic acids is 1. The maximum Gasteiger partial charge on any atom is 0.317 e. The summed E-state index contributed by atoms with van der Waals surface area (Å²) in [5, 5.41) is 16.3. The van der Waals surface area contributed by atoms with Crippen LogP contribution in [-0.2, 0) is 4.79 Å². The van der Waals surface area contributed by atoms with Crippen LogP contribution in [0.25, 0.3) is 11.3 Å². The first-order chi connectivity index (χ1) is 12.5. The third-order valence-corrected chi connectivity index (χ3v) is 4.80. The maximum atomic E-state index is 12.3. The van der Waals surface area contributed by atoms with E-state index in [1.165, 1.54) is 0 Å². The molecule has 3 rings (SSSR count). The summed E-state index contributed by atoms with van der Waals surface area (Å²) < 4.78 is 5.15. The Labute approximate surface area is 155 Å². The van der Waals surface area contributed by atoms with Crippen LogP contribution in [0.4, 0.5) is 0 Å². The van der Waals surface area contributed by atoms with Gasteiger partial charge in [-0.25, -0.2) is 0 Å². The van der Waals surface area contributed by atoms with Gasteiger partial charge in [0.15, 0.2) is 0 Å². The third-order valence-electron chi connectivity index (χ3n) is 4.56. The number of halogens is 1. The van der Waals surface area contributed by atoms with E-state index >= 15 is 0 Å². The summed E-state index contributed by atoms with van der Waals surface area (Å²) in [6, 6.07) is 8.92. The molecule has 1 aromatic heterocycles. The van der Waals surface area contributed by atoms with Crippen LogP contribution < -0.4 is 5.32 Å². The minimum atomic E-state index is -0.838. The lowest BCUT2D eigenvalue weighted by atomic mass is 9.85. The van der Waals surface area contributed by atoms with Crippen molar-refractivity contribution >= 4 is 23.5 Å². The third kappa shape index (κ3) is 4.23. The Morgan fingerprint density at radius 1 is 1.38 bits per heavy atom. The number of rotatable bonds is 7. The van der Waals surface area contributed by atoms with E-state index in [0.717, 1.165) is 18.4 Å². The van der Waals surface area contributed by atoms with Gasteiger partial charge in [-0.1, -0.05) is 35.8 Å². The van der Waals surface area contributed by atoms with E-state index in [2.05, 4.69) is 10.5 Å². The molecule has 1 amide bonds. The van der Waals surface area contributed by atoms with Crippen molar-refractivity contribution < 1.29 is 19.2 Å². The fourth-order valence-corrected chi connectivity index (χ4v) is 3.29. The number of carboxylic acid groups (broad SMARTS) is 1. The number of carbonyl (C=O) groups is 2. The summed E-state index contributed by atoms with van der Waals surface area (Å²) in [6.07, 6.45) is 1.45. The van der Waals surface area contributed by atoms with Gasteiger partial charge in [0, 0.05) is 28.7 Å². The molecule has 26 heavy (non-hydrogen) atoms. The molecule has 0 unspecified atom stereocenters. The smallest absolute Gasteiger partial charge is 0.317 e. The highest BCUT2D eigenvalue weighted by Crippen LogP contribution is 2.26. The molecule has 0 bridgehead atoms. The molecule has 0 saturated heterocycles. The first-order valence-electron chi connectivity index (χ1n) is 8.45. The van der Waals surface area contributed by atoms with Crippen molar-refractivity contribution in [1.29, 1.82) is 0 Å². The molecule has 138 valence electrons. The molecule has 1 heterocycles. The number of aromatic nitrogens is 1. The van der Waals surface area contributed by atoms with Gasteiger partial charge in [0.25, 0.3) is 5.91 Å². The topological polar surface area (TPSA) is 95.7 Å². The number of nitrogens with zero attached hydrogens (tertiary/aromatic N) is 2. The van der Waals surface area contributed by atoms with Crippen LogP contribution in [0, 0.1) is 0 Å². The van der Waals surface area contributed by atoms with Crippen molar-refractivity contribution in [3.63, 3.8) is 0 Å². The number of likely N-dealkylation sites (N-methyl/N-ethyl adjacent to an activating group) is 1. The molecule has 2 aromatic rings. The van der Waals surface area contributed by atoms with Crippen LogP contribution in [0.2, 0.25) is 5.02 Å². The highest BCUT2D eigenvalue weighted by Gasteiger charge is 2.35. The van der Waals surface area contributed by atoms with Crippen LogP contribution in [0.5, 0.6) is 0 Å². The molecule has 0 aliphatic heterocycles. The molecule has 2 N–H and O–H groups in total. The van der Waals surface area contributed by atoms with E-state index in [0.29, 0.717) is 17.3 Å². The quantitative estimate of drug-likeness (QED) is 0.770. The Balaban J connectivity index is 1.55. The van der Waals surface area contributed by atoms with Gasteiger partial charge in [0.2, 0.25) is 5.76 Å². The first-order valence-corrected chi connectivity index (χ1v) is 8.83. The second-order valence-electron chi connectivity index (χ2n) is 6.34. The predicted octanol–water partition coefficient (Wildman–Crippen LogP) is 2.66. The molecular weight excluding hydrogens is 358 g/mol. The van der Waals surface area contributed by atoms with Gasteiger partial charge in [-0.05, 0) is 31.5 Å². The van der Waals surface area contributed by atoms with Crippen LogP contribution in [0.15, 0.2) is 34.9 Å². The fourth-order valence-electron chi connectivity index (χ4n) is 3.10. The lowest BCUT2D eigenvalue weighted by molar-refractivity contribution is -0.139. The van der Waals surface area contributed by atoms with Crippen molar-refractivity contribution in [2.75, 3.05) is 13.1 Å². The fraction of sp³-hybridized carbons (Fsp3) is 0.389. The predicted molar refractivity (Wildman–Crippen MR) is 96.1 cm³/mol. The second kappa shape index (κ2) is 7.88. The van der Waals surface area contributed by atoms with Gasteiger partial charge in [0.05, 0.1) is 6.54 Å². The summed E-state index contributed by atoms with van der Waals surface area (Å²) in [4.78, 5) is 25.1. The van der Waals surface area contributed by atoms with Crippen LogP contribution in [0.1, 0.15) is 30.3 Å². The van der Waals surface area contributed by atoms with E-state index in [9.17, 15) is 9.59 Å². The summed E-state index contributed by atoms with van der Waals surface area (Å²) >= 11 is 5.96. The average molecular weight is 378 g/mol. The molecule has 1 fully saturated rings. The monoisotopic (exact) mass is 377 g/mol. The van der Waals surface area contributed by atoms with Gasteiger partial charge in [-0.3, -0.25) is 14.5 Å². The number of hydrogen-bond donors (Lipinski definition) is 2. The Morgan fingerprint density at radius 2 is 2.15 bits per heavy atom. The molecule has 7 nitrogen and oxygen atoms in total. The molecule has 1 aliphatic carbocycles. The van der Waals surface area contributed by atoms with Gasteiger partial charge in [-0.15, -0.1) is 0 Å². The SMILES string of the molecule is CCN(CC(=O)O)C1CC(NC(=O)c2cc(-c3cccc(Cl)c3)no2)C1. The first kappa shape index (κ1) is 18.4. The zero-order valence-corrected chi connectivity index (χ0v) is 15.1. The second-order valence-corrected chi connectivity index (χ2v) is 6.78. The number of hydrogen-bond acceptors (Lipinski definition) is 5. The van der Waals surface area contributed by atoms with Crippen LogP contribution >= 0.6 is 11.6 Å². The minimum Gasteiger partial charge on any atom is -0.480 e. The largest absolute Gasteiger partial charge is 0.480 e. The van der Waals surface area contributed by atoms with Gasteiger partial charge < -0.3 is 14.9 Å². The molecule has 8 heteroatoms. The number of benzene rings is 1. The lowest BCUT2D eigenvalue weighted by Gasteiger charge is -2.42. The molecule has 0 radical (unpaired) electrons. The van der Waals surface area contributed by atoms with Crippen molar-refractivity contribution in [3.8, 4) is 11.3 Å². The molecule has 0 atom stereocenters. The molecule has 1 aliphatic rings. The van der Waals surface area contributed by atoms with Crippen molar-refractivity contribution in [2.24, 2.45) is 0 Å². The number of carboxylic acids is 1. The normalized spacial score (nSPS) is 19.2. The summed E-state index contributed by atoms with van der Waals surface area (Å²) in [6.45, 7) is 2.62. The highest BCUT2D eigenvalue weighted by atomic mass is 35.5. The zero-order chi connectivity index (χ0) is 18.7. The maximum absolute atomic E-state index is 12.3. The van der Waals surface area contributed by atoms with Gasteiger partial charge in [-0.2, -0.15) is 0 Å². The van der Waals surface area contributed by atoms with E-state index in [-0.39, 0.29) is 30.3 Å². The Hall–Kier alpha value is -2.38. The van der Waals surface area contributed by atoms with Gasteiger partial charge in [0.1, 0.15) is 5.69 Å². The number of amides is 1. The van der Waals surface area contributed by atoms with Crippen molar-refractivity contribution in [2.45, 2.75) is 31.8 Å². The highest BCUT2D eigenvalue weighted by molar-refractivity contribution is 6.30. The summed E-state index contributed by atoms with van der Waals surface area (Å²) in [5.41, 5.74) is 1.32. The van der Waals surface area contributed by atoms with E-state index in [1.807, 2.05) is 17.9 Å². The minimum absolute atomic E-state index is 0.00932. The number of carbonyl (C=O) groups excluding carboxylic acids is 1. The lowest BCUT2D eigenvalue weighted by Crippen LogP contribution is -2.54.